The number of piperidine rings is 1. The van der Waals surface area contributed by atoms with Gasteiger partial charge in [0, 0.05) is 31.6 Å². The number of alkyl halides is 1. The van der Waals surface area contributed by atoms with Crippen LogP contribution in [-0.2, 0) is 10.7 Å². The Morgan fingerprint density at radius 1 is 1.45 bits per heavy atom. The summed E-state index contributed by atoms with van der Waals surface area (Å²) in [6.45, 7) is 1.20. The minimum Gasteiger partial charge on any atom is -0.359 e. The van der Waals surface area contributed by atoms with Gasteiger partial charge in [-0.15, -0.1) is 11.6 Å². The first-order valence-electron chi connectivity index (χ1n) is 6.81. The van der Waals surface area contributed by atoms with Gasteiger partial charge in [0.25, 0.3) is 5.91 Å². The number of benzene rings is 1. The fourth-order valence-corrected chi connectivity index (χ4v) is 2.72. The summed E-state index contributed by atoms with van der Waals surface area (Å²) in [6.07, 6.45) is 1.70. The van der Waals surface area contributed by atoms with Crippen molar-refractivity contribution in [1.29, 1.82) is 0 Å². The number of carbonyl (C=O) groups is 2. The predicted molar refractivity (Wildman–Crippen MR) is 78.7 cm³/mol. The lowest BCUT2D eigenvalue weighted by Crippen LogP contribution is -2.44. The Morgan fingerprint density at radius 3 is 2.95 bits per heavy atom. The van der Waals surface area contributed by atoms with E-state index in [4.69, 9.17) is 11.6 Å². The van der Waals surface area contributed by atoms with Gasteiger partial charge in [0.1, 0.15) is 0 Å². The number of nitrogens with one attached hydrogen (secondary N) is 1. The smallest absolute Gasteiger partial charge is 0.253 e. The van der Waals surface area contributed by atoms with Crippen molar-refractivity contribution in [3.05, 3.63) is 35.4 Å². The maximum atomic E-state index is 12.5. The number of nitrogens with zero attached hydrogens (tertiary/aromatic N) is 1. The molecule has 1 unspecified atom stereocenters. The van der Waals surface area contributed by atoms with E-state index in [0.29, 0.717) is 24.5 Å². The molecule has 2 rings (SSSR count). The van der Waals surface area contributed by atoms with Gasteiger partial charge >= 0.3 is 0 Å². The molecule has 2 amide bonds. The quantitative estimate of drug-likeness (QED) is 0.867. The molecule has 1 aliphatic rings. The zero-order valence-corrected chi connectivity index (χ0v) is 12.3. The van der Waals surface area contributed by atoms with Crippen molar-refractivity contribution in [3.8, 4) is 0 Å². The van der Waals surface area contributed by atoms with E-state index in [2.05, 4.69) is 5.32 Å². The van der Waals surface area contributed by atoms with Gasteiger partial charge in [-0.25, -0.2) is 0 Å². The first-order chi connectivity index (χ1) is 9.65. The standard InChI is InChI=1S/C15H19ClN2O2/c1-17-14(19)13-6-3-7-18(10-13)15(20)12-5-2-4-11(8-12)9-16/h2,4-5,8,13H,3,6-7,9-10H2,1H3,(H,17,19). The summed E-state index contributed by atoms with van der Waals surface area (Å²) in [5, 5.41) is 2.66. The summed E-state index contributed by atoms with van der Waals surface area (Å²) >= 11 is 5.80. The van der Waals surface area contributed by atoms with Crippen LogP contribution >= 0.6 is 11.6 Å². The summed E-state index contributed by atoms with van der Waals surface area (Å²) < 4.78 is 0. The topological polar surface area (TPSA) is 49.4 Å². The summed E-state index contributed by atoms with van der Waals surface area (Å²) in [5.41, 5.74) is 1.57. The minimum atomic E-state index is -0.103. The van der Waals surface area contributed by atoms with Crippen LogP contribution in [0.1, 0.15) is 28.8 Å². The van der Waals surface area contributed by atoms with Crippen molar-refractivity contribution in [1.82, 2.24) is 10.2 Å². The second kappa shape index (κ2) is 6.75. The molecular formula is C15H19ClN2O2. The Kier molecular flexibility index (Phi) is 5.01. The molecule has 108 valence electrons. The second-order valence-corrected chi connectivity index (χ2v) is 5.31. The van der Waals surface area contributed by atoms with E-state index in [-0.39, 0.29) is 17.7 Å². The molecule has 0 aromatic heterocycles. The molecular weight excluding hydrogens is 276 g/mol. The summed E-state index contributed by atoms with van der Waals surface area (Å²) in [4.78, 5) is 25.9. The number of likely N-dealkylation sites (tertiary alicyclic amines) is 1. The Labute approximate surface area is 124 Å². The van der Waals surface area contributed by atoms with E-state index in [1.54, 1.807) is 18.0 Å². The predicted octanol–water partition coefficient (Wildman–Crippen LogP) is 2.02. The maximum Gasteiger partial charge on any atom is 0.253 e. The van der Waals surface area contributed by atoms with Crippen LogP contribution in [0, 0.1) is 5.92 Å². The highest BCUT2D eigenvalue weighted by Gasteiger charge is 2.28. The minimum absolute atomic E-state index is 0.0111. The lowest BCUT2D eigenvalue weighted by Gasteiger charge is -2.32. The molecule has 20 heavy (non-hydrogen) atoms. The summed E-state index contributed by atoms with van der Waals surface area (Å²) in [6, 6.07) is 7.35. The first kappa shape index (κ1) is 14.9. The van der Waals surface area contributed by atoms with Crippen LogP contribution in [0.25, 0.3) is 0 Å². The highest BCUT2D eigenvalue weighted by atomic mass is 35.5. The number of amides is 2. The van der Waals surface area contributed by atoms with Crippen LogP contribution in [-0.4, -0.2) is 36.9 Å². The van der Waals surface area contributed by atoms with Gasteiger partial charge in [0.15, 0.2) is 0 Å². The van der Waals surface area contributed by atoms with Crippen LogP contribution in [0.4, 0.5) is 0 Å². The molecule has 4 nitrogen and oxygen atoms in total. The van der Waals surface area contributed by atoms with Crippen LogP contribution in [0.15, 0.2) is 24.3 Å². The lowest BCUT2D eigenvalue weighted by molar-refractivity contribution is -0.125. The van der Waals surface area contributed by atoms with Gasteiger partial charge < -0.3 is 10.2 Å². The van der Waals surface area contributed by atoms with Crippen molar-refractivity contribution < 1.29 is 9.59 Å². The zero-order valence-electron chi connectivity index (χ0n) is 11.6. The van der Waals surface area contributed by atoms with Gasteiger partial charge in [0.2, 0.25) is 5.91 Å². The highest BCUT2D eigenvalue weighted by Crippen LogP contribution is 2.19. The van der Waals surface area contributed by atoms with Crippen LogP contribution in [0.5, 0.6) is 0 Å². The normalized spacial score (nSPS) is 18.7. The van der Waals surface area contributed by atoms with E-state index in [1.807, 2.05) is 18.2 Å². The number of hydrogen-bond donors (Lipinski definition) is 1. The highest BCUT2D eigenvalue weighted by molar-refractivity contribution is 6.17. The summed E-state index contributed by atoms with van der Waals surface area (Å²) in [5.74, 6) is 0.276. The third-order valence-corrected chi connectivity index (χ3v) is 3.96. The molecule has 5 heteroatoms. The Morgan fingerprint density at radius 2 is 2.25 bits per heavy atom. The van der Waals surface area contributed by atoms with Gasteiger partial charge in [-0.3, -0.25) is 9.59 Å². The van der Waals surface area contributed by atoms with Crippen LogP contribution in [0.2, 0.25) is 0 Å². The maximum absolute atomic E-state index is 12.5. The largest absolute Gasteiger partial charge is 0.359 e. The monoisotopic (exact) mass is 294 g/mol. The fraction of sp³-hybridized carbons (Fsp3) is 0.467. The van der Waals surface area contributed by atoms with Crippen molar-refractivity contribution >= 4 is 23.4 Å². The van der Waals surface area contributed by atoms with Gasteiger partial charge in [0.05, 0.1) is 5.92 Å². The Balaban J connectivity index is 2.10. The summed E-state index contributed by atoms with van der Waals surface area (Å²) in [7, 11) is 1.63. The van der Waals surface area contributed by atoms with E-state index in [9.17, 15) is 9.59 Å². The molecule has 1 heterocycles. The average Bonchev–Trinajstić information content (AvgIpc) is 2.53. The number of halogens is 1. The fourth-order valence-electron chi connectivity index (χ4n) is 2.55. The number of rotatable bonds is 3. The number of hydrogen-bond acceptors (Lipinski definition) is 2. The molecule has 0 radical (unpaired) electrons. The Bertz CT molecular complexity index is 504. The van der Waals surface area contributed by atoms with Gasteiger partial charge in [-0.2, -0.15) is 0 Å². The SMILES string of the molecule is CNC(=O)C1CCCN(C(=O)c2cccc(CCl)c2)C1. The molecule has 0 saturated carbocycles. The van der Waals surface area contributed by atoms with Crippen LogP contribution in [0.3, 0.4) is 0 Å². The molecule has 1 aliphatic heterocycles. The molecule has 0 bridgehead atoms. The van der Waals surface area contributed by atoms with E-state index in [0.717, 1.165) is 18.4 Å². The van der Waals surface area contributed by atoms with Gasteiger partial charge in [-0.05, 0) is 30.5 Å². The molecule has 1 aromatic rings. The molecule has 0 spiro atoms. The van der Waals surface area contributed by atoms with Crippen molar-refractivity contribution in [3.63, 3.8) is 0 Å². The molecule has 1 fully saturated rings. The van der Waals surface area contributed by atoms with Crippen LogP contribution < -0.4 is 5.32 Å². The molecule has 1 atom stereocenters. The zero-order chi connectivity index (χ0) is 14.5. The third-order valence-electron chi connectivity index (χ3n) is 3.65. The third kappa shape index (κ3) is 3.31. The second-order valence-electron chi connectivity index (χ2n) is 5.04. The van der Waals surface area contributed by atoms with Crippen molar-refractivity contribution in [2.24, 2.45) is 5.92 Å². The lowest BCUT2D eigenvalue weighted by atomic mass is 9.96. The van der Waals surface area contributed by atoms with E-state index >= 15 is 0 Å². The average molecular weight is 295 g/mol. The van der Waals surface area contributed by atoms with E-state index < -0.39 is 0 Å². The Hall–Kier alpha value is -1.55. The van der Waals surface area contributed by atoms with Crippen molar-refractivity contribution in [2.75, 3.05) is 20.1 Å². The van der Waals surface area contributed by atoms with E-state index in [1.165, 1.54) is 0 Å². The molecule has 1 saturated heterocycles. The van der Waals surface area contributed by atoms with Crippen molar-refractivity contribution in [2.45, 2.75) is 18.7 Å². The molecule has 0 aliphatic carbocycles. The first-order valence-corrected chi connectivity index (χ1v) is 7.35. The molecule has 1 aromatic carbocycles. The number of carbonyl (C=O) groups excluding carboxylic acids is 2. The molecule has 1 N–H and O–H groups in total. The van der Waals surface area contributed by atoms with Gasteiger partial charge in [-0.1, -0.05) is 12.1 Å².